The zero-order valence-corrected chi connectivity index (χ0v) is 15.0. The summed E-state index contributed by atoms with van der Waals surface area (Å²) >= 11 is 0. The fourth-order valence-corrected chi connectivity index (χ4v) is 1.91. The van der Waals surface area contributed by atoms with E-state index in [9.17, 15) is 0 Å². The van der Waals surface area contributed by atoms with Crippen molar-refractivity contribution in [1.82, 2.24) is 9.97 Å². The predicted molar refractivity (Wildman–Crippen MR) is 84.2 cm³/mol. The molecule has 0 saturated carbocycles. The van der Waals surface area contributed by atoms with Crippen molar-refractivity contribution in [2.75, 3.05) is 5.43 Å². The summed E-state index contributed by atoms with van der Waals surface area (Å²) in [5.74, 6) is 0.696. The second-order valence-corrected chi connectivity index (χ2v) is 4.37. The van der Waals surface area contributed by atoms with E-state index < -0.39 is 0 Å². The molecule has 0 amide bonds. The molecule has 2 heterocycles. The van der Waals surface area contributed by atoms with E-state index in [1.807, 2.05) is 66.7 Å². The Kier molecular flexibility index (Phi) is 5.93. The second kappa shape index (κ2) is 8.15. The van der Waals surface area contributed by atoms with Crippen molar-refractivity contribution in [1.29, 1.82) is 0 Å². The summed E-state index contributed by atoms with van der Waals surface area (Å²) < 4.78 is 0. The zero-order chi connectivity index (χ0) is 14.3. The monoisotopic (exact) mass is 338 g/mol. The molecule has 2 aromatic heterocycles. The van der Waals surface area contributed by atoms with Crippen LogP contribution < -0.4 is 5.43 Å². The smallest absolute Gasteiger partial charge is 0.146 e. The standard InChI is InChI=1S/C17H14N4.Zn/c1-2-8-14(9-3-1)17(15-10-4-6-12-18-15)21-20-16-11-5-7-13-19-16;/h1-13H,(H,19,20);/b21-17+;. The molecule has 5 heteroatoms. The Morgan fingerprint density at radius 2 is 1.45 bits per heavy atom. The van der Waals surface area contributed by atoms with E-state index in [4.69, 9.17) is 0 Å². The van der Waals surface area contributed by atoms with Crippen LogP contribution in [0.5, 0.6) is 0 Å². The van der Waals surface area contributed by atoms with E-state index in [0.717, 1.165) is 17.0 Å². The normalized spacial score (nSPS) is 10.6. The molecule has 22 heavy (non-hydrogen) atoms. The first-order chi connectivity index (χ1) is 10.4. The molecule has 1 aromatic carbocycles. The van der Waals surface area contributed by atoms with Crippen molar-refractivity contribution in [2.45, 2.75) is 0 Å². The van der Waals surface area contributed by atoms with Crippen LogP contribution in [0.1, 0.15) is 11.3 Å². The minimum Gasteiger partial charge on any atom is -0.261 e. The van der Waals surface area contributed by atoms with Crippen molar-refractivity contribution in [3.05, 3.63) is 90.4 Å². The SMILES string of the molecule is [Zn].c1ccc(/C(=N\Nc2ccccn2)c2ccccn2)cc1. The molecule has 0 aliphatic heterocycles. The molecule has 0 aliphatic rings. The van der Waals surface area contributed by atoms with Crippen LogP contribution in [0, 0.1) is 0 Å². The minimum absolute atomic E-state index is 0. The molecule has 1 N–H and O–H groups in total. The van der Waals surface area contributed by atoms with Crippen molar-refractivity contribution < 1.29 is 19.5 Å². The van der Waals surface area contributed by atoms with Crippen molar-refractivity contribution in [3.63, 3.8) is 0 Å². The van der Waals surface area contributed by atoms with Crippen LogP contribution in [0.3, 0.4) is 0 Å². The van der Waals surface area contributed by atoms with E-state index in [-0.39, 0.29) is 19.5 Å². The molecule has 4 nitrogen and oxygen atoms in total. The largest absolute Gasteiger partial charge is 0.261 e. The third-order valence-corrected chi connectivity index (χ3v) is 2.90. The number of hydrazone groups is 1. The third kappa shape index (κ3) is 4.06. The third-order valence-electron chi connectivity index (χ3n) is 2.90. The maximum Gasteiger partial charge on any atom is 0.146 e. The number of nitrogens with one attached hydrogen (secondary N) is 1. The van der Waals surface area contributed by atoms with Gasteiger partial charge in [-0.25, -0.2) is 4.98 Å². The Balaban J connectivity index is 0.00000176. The predicted octanol–water partition coefficient (Wildman–Crippen LogP) is 3.34. The van der Waals surface area contributed by atoms with Crippen LogP contribution in [0.15, 0.2) is 84.2 Å². The van der Waals surface area contributed by atoms with Gasteiger partial charge in [-0.2, -0.15) is 5.10 Å². The zero-order valence-electron chi connectivity index (χ0n) is 12.1. The van der Waals surface area contributed by atoms with Crippen LogP contribution in [-0.2, 0) is 19.5 Å². The van der Waals surface area contributed by atoms with E-state index >= 15 is 0 Å². The molecule has 0 saturated heterocycles. The first kappa shape index (κ1) is 16.0. The van der Waals surface area contributed by atoms with Gasteiger partial charge in [-0.1, -0.05) is 42.5 Å². The maximum absolute atomic E-state index is 4.48. The topological polar surface area (TPSA) is 50.2 Å². The molecule has 0 radical (unpaired) electrons. The average Bonchev–Trinajstić information content (AvgIpc) is 2.58. The number of anilines is 1. The molecule has 0 unspecified atom stereocenters. The van der Waals surface area contributed by atoms with Gasteiger partial charge in [0.05, 0.1) is 5.69 Å². The Morgan fingerprint density at radius 3 is 2.09 bits per heavy atom. The molecule has 0 bridgehead atoms. The summed E-state index contributed by atoms with van der Waals surface area (Å²) in [7, 11) is 0. The quantitative estimate of drug-likeness (QED) is 0.450. The van der Waals surface area contributed by atoms with Gasteiger partial charge in [0.1, 0.15) is 11.5 Å². The Bertz CT molecular complexity index is 674. The van der Waals surface area contributed by atoms with Crippen molar-refractivity contribution in [2.24, 2.45) is 5.10 Å². The molecule has 0 aliphatic carbocycles. The van der Waals surface area contributed by atoms with E-state index in [0.29, 0.717) is 5.82 Å². The second-order valence-electron chi connectivity index (χ2n) is 4.37. The Labute approximate surface area is 142 Å². The fourth-order valence-electron chi connectivity index (χ4n) is 1.91. The van der Waals surface area contributed by atoms with Crippen LogP contribution in [-0.4, -0.2) is 15.7 Å². The summed E-state index contributed by atoms with van der Waals surface area (Å²) in [6, 6.07) is 21.4. The molecule has 104 valence electrons. The molecule has 3 aromatic rings. The van der Waals surface area contributed by atoms with Gasteiger partial charge in [-0.3, -0.25) is 10.4 Å². The van der Waals surface area contributed by atoms with Gasteiger partial charge >= 0.3 is 0 Å². The van der Waals surface area contributed by atoms with Crippen molar-refractivity contribution >= 4 is 11.5 Å². The number of rotatable bonds is 4. The first-order valence-electron chi connectivity index (χ1n) is 6.65. The number of nitrogens with zero attached hydrogens (tertiary/aromatic N) is 3. The van der Waals surface area contributed by atoms with Gasteiger partial charge < -0.3 is 0 Å². The van der Waals surface area contributed by atoms with Crippen molar-refractivity contribution in [3.8, 4) is 0 Å². The molecular formula is C17H14N4Zn. The number of hydrogen-bond acceptors (Lipinski definition) is 4. The number of hydrogen-bond donors (Lipinski definition) is 1. The van der Waals surface area contributed by atoms with Gasteiger partial charge in [0.25, 0.3) is 0 Å². The molecule has 0 fully saturated rings. The molecule has 0 atom stereocenters. The number of aromatic nitrogens is 2. The summed E-state index contributed by atoms with van der Waals surface area (Å²) in [6.07, 6.45) is 3.48. The van der Waals surface area contributed by atoms with Gasteiger partial charge in [-0.15, -0.1) is 0 Å². The molecule has 0 spiro atoms. The fraction of sp³-hybridized carbons (Fsp3) is 0. The van der Waals surface area contributed by atoms with E-state index in [1.165, 1.54) is 0 Å². The van der Waals surface area contributed by atoms with E-state index in [2.05, 4.69) is 20.5 Å². The summed E-state index contributed by atoms with van der Waals surface area (Å²) in [5.41, 5.74) is 5.57. The van der Waals surface area contributed by atoms with Gasteiger partial charge in [0.2, 0.25) is 0 Å². The van der Waals surface area contributed by atoms with Gasteiger partial charge in [-0.05, 0) is 24.3 Å². The van der Waals surface area contributed by atoms with Crippen LogP contribution in [0.2, 0.25) is 0 Å². The summed E-state index contributed by atoms with van der Waals surface area (Å²) in [4.78, 5) is 8.58. The number of pyridine rings is 2. The number of benzene rings is 1. The van der Waals surface area contributed by atoms with Crippen LogP contribution >= 0.6 is 0 Å². The van der Waals surface area contributed by atoms with Gasteiger partial charge in [0.15, 0.2) is 0 Å². The average molecular weight is 340 g/mol. The maximum atomic E-state index is 4.48. The molecule has 3 rings (SSSR count). The first-order valence-corrected chi connectivity index (χ1v) is 6.65. The van der Waals surface area contributed by atoms with Gasteiger partial charge in [0, 0.05) is 37.4 Å². The Morgan fingerprint density at radius 1 is 0.773 bits per heavy atom. The van der Waals surface area contributed by atoms with Crippen LogP contribution in [0.25, 0.3) is 0 Å². The van der Waals surface area contributed by atoms with Crippen LogP contribution in [0.4, 0.5) is 5.82 Å². The summed E-state index contributed by atoms with van der Waals surface area (Å²) in [5, 5.41) is 4.48. The minimum atomic E-state index is 0. The summed E-state index contributed by atoms with van der Waals surface area (Å²) in [6.45, 7) is 0. The Hall–Kier alpha value is -2.39. The molecular weight excluding hydrogens is 326 g/mol. The van der Waals surface area contributed by atoms with E-state index in [1.54, 1.807) is 12.4 Å².